The van der Waals surface area contributed by atoms with Gasteiger partial charge in [0.1, 0.15) is 0 Å². The van der Waals surface area contributed by atoms with Crippen LogP contribution in [0.5, 0.6) is 0 Å². The lowest BCUT2D eigenvalue weighted by molar-refractivity contribution is 0.0963. The summed E-state index contributed by atoms with van der Waals surface area (Å²) in [6.45, 7) is 4.34. The second-order valence-electron chi connectivity index (χ2n) is 5.38. The molecular weight excluding hydrogens is 238 g/mol. The van der Waals surface area contributed by atoms with Crippen LogP contribution in [-0.2, 0) is 0 Å². The Morgan fingerprint density at radius 2 is 2.16 bits per heavy atom. The van der Waals surface area contributed by atoms with Crippen molar-refractivity contribution in [2.75, 3.05) is 30.8 Å². The van der Waals surface area contributed by atoms with Crippen molar-refractivity contribution in [3.63, 3.8) is 0 Å². The molecule has 2 rings (SSSR count). The summed E-state index contributed by atoms with van der Waals surface area (Å²) >= 11 is 0. The molecule has 4 nitrogen and oxygen atoms in total. The lowest BCUT2D eigenvalue weighted by Crippen LogP contribution is -2.26. The van der Waals surface area contributed by atoms with E-state index >= 15 is 0 Å². The lowest BCUT2D eigenvalue weighted by atomic mass is 10.0. The van der Waals surface area contributed by atoms with Crippen LogP contribution >= 0.6 is 0 Å². The smallest absolute Gasteiger partial charge is 0.251 e. The summed E-state index contributed by atoms with van der Waals surface area (Å²) < 4.78 is 0. The minimum absolute atomic E-state index is 0.0653. The average Bonchev–Trinajstić information content (AvgIpc) is 2.63. The van der Waals surface area contributed by atoms with Gasteiger partial charge >= 0.3 is 0 Å². The molecule has 0 radical (unpaired) electrons. The summed E-state index contributed by atoms with van der Waals surface area (Å²) in [6.07, 6.45) is 3.64. The molecule has 0 aromatic heterocycles. The van der Waals surface area contributed by atoms with Gasteiger partial charge in [-0.3, -0.25) is 4.79 Å². The second-order valence-corrected chi connectivity index (χ2v) is 5.38. The molecule has 1 atom stereocenters. The first-order valence-corrected chi connectivity index (χ1v) is 6.98. The van der Waals surface area contributed by atoms with E-state index in [1.807, 2.05) is 12.1 Å². The van der Waals surface area contributed by atoms with Gasteiger partial charge in [0.15, 0.2) is 0 Å². The van der Waals surface area contributed by atoms with Crippen LogP contribution in [0.3, 0.4) is 0 Å². The number of carbonyl (C=O) groups excluding carboxylic acids is 1. The van der Waals surface area contributed by atoms with E-state index in [1.165, 1.54) is 19.3 Å². The minimum Gasteiger partial charge on any atom is -0.397 e. The molecule has 1 aromatic carbocycles. The number of nitrogens with two attached hydrogens (primary N) is 1. The summed E-state index contributed by atoms with van der Waals surface area (Å²) in [5.41, 5.74) is 8.49. The number of amides is 1. The van der Waals surface area contributed by atoms with E-state index in [1.54, 1.807) is 13.1 Å². The molecule has 19 heavy (non-hydrogen) atoms. The Morgan fingerprint density at radius 1 is 1.37 bits per heavy atom. The van der Waals surface area contributed by atoms with Gasteiger partial charge in [0.05, 0.1) is 11.4 Å². The quantitative estimate of drug-likeness (QED) is 0.803. The standard InChI is InChI=1S/C15H23N3O/c1-11-4-3-8-18(9-7-11)14-10-12(15(19)17-2)5-6-13(14)16/h5-6,10-11H,3-4,7-9,16H2,1-2H3,(H,17,19). The summed E-state index contributed by atoms with van der Waals surface area (Å²) in [4.78, 5) is 14.0. The number of rotatable bonds is 2. The summed E-state index contributed by atoms with van der Waals surface area (Å²) in [6, 6.07) is 5.51. The third-order valence-corrected chi connectivity index (χ3v) is 3.88. The number of nitrogens with one attached hydrogen (secondary N) is 1. The molecule has 1 aliphatic rings. The largest absolute Gasteiger partial charge is 0.397 e. The molecule has 1 heterocycles. The highest BCUT2D eigenvalue weighted by Crippen LogP contribution is 2.28. The van der Waals surface area contributed by atoms with E-state index in [2.05, 4.69) is 17.1 Å². The number of carbonyl (C=O) groups is 1. The number of nitrogens with zero attached hydrogens (tertiary/aromatic N) is 1. The molecule has 0 aliphatic carbocycles. The van der Waals surface area contributed by atoms with E-state index in [0.717, 1.165) is 30.4 Å². The van der Waals surface area contributed by atoms with Crippen molar-refractivity contribution in [3.05, 3.63) is 23.8 Å². The van der Waals surface area contributed by atoms with Gasteiger partial charge in [-0.15, -0.1) is 0 Å². The Labute approximate surface area is 115 Å². The molecule has 1 aromatic rings. The van der Waals surface area contributed by atoms with Crippen LogP contribution in [0, 0.1) is 5.92 Å². The Morgan fingerprint density at radius 3 is 2.89 bits per heavy atom. The van der Waals surface area contributed by atoms with Gasteiger partial charge in [0.25, 0.3) is 5.91 Å². The molecule has 4 heteroatoms. The van der Waals surface area contributed by atoms with Crippen molar-refractivity contribution >= 4 is 17.3 Å². The predicted molar refractivity (Wildman–Crippen MR) is 79.5 cm³/mol. The highest BCUT2D eigenvalue weighted by atomic mass is 16.1. The Bertz CT molecular complexity index is 459. The fourth-order valence-electron chi connectivity index (χ4n) is 2.61. The van der Waals surface area contributed by atoms with E-state index in [0.29, 0.717) is 5.56 Å². The first kappa shape index (κ1) is 13.7. The van der Waals surface area contributed by atoms with Crippen molar-refractivity contribution in [2.24, 2.45) is 5.92 Å². The zero-order chi connectivity index (χ0) is 13.8. The molecular formula is C15H23N3O. The van der Waals surface area contributed by atoms with Crippen LogP contribution in [0.25, 0.3) is 0 Å². The highest BCUT2D eigenvalue weighted by molar-refractivity contribution is 5.96. The van der Waals surface area contributed by atoms with Crippen LogP contribution in [0.2, 0.25) is 0 Å². The van der Waals surface area contributed by atoms with E-state index in [4.69, 9.17) is 5.73 Å². The third-order valence-electron chi connectivity index (χ3n) is 3.88. The Kier molecular flexibility index (Phi) is 4.30. The van der Waals surface area contributed by atoms with Crippen molar-refractivity contribution in [2.45, 2.75) is 26.2 Å². The molecule has 1 saturated heterocycles. The monoisotopic (exact) mass is 261 g/mol. The predicted octanol–water partition coefficient (Wildman–Crippen LogP) is 2.25. The van der Waals surface area contributed by atoms with Gasteiger partial charge in [0.2, 0.25) is 0 Å². The molecule has 0 spiro atoms. The fourth-order valence-corrected chi connectivity index (χ4v) is 2.61. The fraction of sp³-hybridized carbons (Fsp3) is 0.533. The number of nitrogen functional groups attached to an aromatic ring is 1. The highest BCUT2D eigenvalue weighted by Gasteiger charge is 2.17. The first-order chi connectivity index (χ1) is 9.11. The van der Waals surface area contributed by atoms with Crippen LogP contribution in [-0.4, -0.2) is 26.0 Å². The van der Waals surface area contributed by atoms with Crippen molar-refractivity contribution in [1.82, 2.24) is 5.32 Å². The van der Waals surface area contributed by atoms with Crippen molar-refractivity contribution in [3.8, 4) is 0 Å². The first-order valence-electron chi connectivity index (χ1n) is 6.98. The third kappa shape index (κ3) is 3.19. The molecule has 0 saturated carbocycles. The Balaban J connectivity index is 2.24. The minimum atomic E-state index is -0.0653. The molecule has 3 N–H and O–H groups in total. The summed E-state index contributed by atoms with van der Waals surface area (Å²) in [7, 11) is 1.64. The van der Waals surface area contributed by atoms with E-state index < -0.39 is 0 Å². The SMILES string of the molecule is CNC(=O)c1ccc(N)c(N2CCCC(C)CC2)c1. The molecule has 1 amide bonds. The van der Waals surface area contributed by atoms with Gasteiger partial charge in [-0.25, -0.2) is 0 Å². The van der Waals surface area contributed by atoms with Gasteiger partial charge in [-0.1, -0.05) is 6.92 Å². The normalized spacial score (nSPS) is 19.9. The van der Waals surface area contributed by atoms with Crippen LogP contribution in [0.4, 0.5) is 11.4 Å². The van der Waals surface area contributed by atoms with Crippen molar-refractivity contribution in [1.29, 1.82) is 0 Å². The summed E-state index contributed by atoms with van der Waals surface area (Å²) in [5.74, 6) is 0.706. The molecule has 1 unspecified atom stereocenters. The number of hydrogen-bond acceptors (Lipinski definition) is 3. The number of anilines is 2. The molecule has 1 aliphatic heterocycles. The summed E-state index contributed by atoms with van der Waals surface area (Å²) in [5, 5.41) is 2.65. The number of hydrogen-bond donors (Lipinski definition) is 2. The Hall–Kier alpha value is -1.71. The van der Waals surface area contributed by atoms with Crippen molar-refractivity contribution < 1.29 is 4.79 Å². The molecule has 104 valence electrons. The lowest BCUT2D eigenvalue weighted by Gasteiger charge is -2.25. The average molecular weight is 261 g/mol. The topological polar surface area (TPSA) is 58.4 Å². The maximum absolute atomic E-state index is 11.7. The van der Waals surface area contributed by atoms with Crippen LogP contribution < -0.4 is 16.0 Å². The van der Waals surface area contributed by atoms with Crippen LogP contribution in [0.15, 0.2) is 18.2 Å². The van der Waals surface area contributed by atoms with Crippen LogP contribution in [0.1, 0.15) is 36.5 Å². The van der Waals surface area contributed by atoms with Gasteiger partial charge < -0.3 is 16.0 Å². The maximum atomic E-state index is 11.7. The van der Waals surface area contributed by atoms with Gasteiger partial charge in [-0.2, -0.15) is 0 Å². The zero-order valence-corrected chi connectivity index (χ0v) is 11.8. The molecule has 0 bridgehead atoms. The number of benzene rings is 1. The van der Waals surface area contributed by atoms with E-state index in [9.17, 15) is 4.79 Å². The van der Waals surface area contributed by atoms with E-state index in [-0.39, 0.29) is 5.91 Å². The second kappa shape index (κ2) is 5.95. The van der Waals surface area contributed by atoms with Gasteiger partial charge in [0, 0.05) is 25.7 Å². The maximum Gasteiger partial charge on any atom is 0.251 e. The molecule has 1 fully saturated rings. The van der Waals surface area contributed by atoms with Gasteiger partial charge in [-0.05, 0) is 43.4 Å². The zero-order valence-electron chi connectivity index (χ0n) is 11.8.